The number of hydrogen-bond acceptors (Lipinski definition) is 3. The molecule has 80 valence electrons. The maximum atomic E-state index is 4.51. The number of hydrogen-bond donors (Lipinski definition) is 1. The third-order valence-electron chi connectivity index (χ3n) is 2.57. The molecule has 1 unspecified atom stereocenters. The molecule has 2 heterocycles. The van der Waals surface area contributed by atoms with E-state index < -0.39 is 0 Å². The zero-order valence-corrected chi connectivity index (χ0v) is 9.14. The van der Waals surface area contributed by atoms with Crippen LogP contribution in [0.4, 0.5) is 0 Å². The van der Waals surface area contributed by atoms with Gasteiger partial charge in [-0.2, -0.15) is 5.10 Å². The maximum absolute atomic E-state index is 4.51. The standard InChI is InChI=1S/C11H16N4/c1-3-9(8-12-2)11-13-10-6-4-5-7-15(10)14-11/h4-7,9,12H,3,8H2,1-2H3. The zero-order valence-electron chi connectivity index (χ0n) is 9.14. The Kier molecular flexibility index (Phi) is 2.97. The molecule has 4 heteroatoms. The van der Waals surface area contributed by atoms with E-state index in [1.54, 1.807) is 0 Å². The molecule has 0 saturated carbocycles. The largest absolute Gasteiger partial charge is 0.319 e. The molecule has 0 radical (unpaired) electrons. The van der Waals surface area contributed by atoms with Gasteiger partial charge in [0.05, 0.1) is 0 Å². The van der Waals surface area contributed by atoms with Crippen molar-refractivity contribution < 1.29 is 0 Å². The first-order valence-corrected chi connectivity index (χ1v) is 5.31. The lowest BCUT2D eigenvalue weighted by molar-refractivity contribution is 0.580. The van der Waals surface area contributed by atoms with Crippen molar-refractivity contribution in [3.05, 3.63) is 30.2 Å². The Morgan fingerprint density at radius 1 is 1.47 bits per heavy atom. The molecule has 0 fully saturated rings. The maximum Gasteiger partial charge on any atom is 0.156 e. The zero-order chi connectivity index (χ0) is 10.7. The molecule has 0 spiro atoms. The van der Waals surface area contributed by atoms with Gasteiger partial charge in [-0.15, -0.1) is 0 Å². The van der Waals surface area contributed by atoms with E-state index in [4.69, 9.17) is 0 Å². The summed E-state index contributed by atoms with van der Waals surface area (Å²) in [6, 6.07) is 5.92. The first-order valence-electron chi connectivity index (χ1n) is 5.31. The minimum Gasteiger partial charge on any atom is -0.319 e. The molecule has 4 nitrogen and oxygen atoms in total. The van der Waals surface area contributed by atoms with E-state index in [0.717, 1.165) is 24.4 Å². The van der Waals surface area contributed by atoms with Gasteiger partial charge in [0.1, 0.15) is 0 Å². The first kappa shape index (κ1) is 10.1. The molecule has 0 saturated heterocycles. The molecular weight excluding hydrogens is 188 g/mol. The molecule has 2 aromatic heterocycles. The van der Waals surface area contributed by atoms with Gasteiger partial charge in [-0.3, -0.25) is 0 Å². The lowest BCUT2D eigenvalue weighted by Crippen LogP contribution is -2.17. The molecule has 0 bridgehead atoms. The average Bonchev–Trinajstić information content (AvgIpc) is 2.69. The Bertz CT molecular complexity index is 402. The van der Waals surface area contributed by atoms with Crippen LogP contribution < -0.4 is 5.32 Å². The van der Waals surface area contributed by atoms with Crippen LogP contribution in [0.5, 0.6) is 0 Å². The van der Waals surface area contributed by atoms with E-state index in [0.29, 0.717) is 5.92 Å². The van der Waals surface area contributed by atoms with Crippen molar-refractivity contribution >= 4 is 5.65 Å². The summed E-state index contributed by atoms with van der Waals surface area (Å²) in [7, 11) is 1.96. The van der Waals surface area contributed by atoms with Crippen LogP contribution in [0.25, 0.3) is 5.65 Å². The number of rotatable bonds is 4. The number of fused-ring (bicyclic) bond motifs is 1. The van der Waals surface area contributed by atoms with Gasteiger partial charge < -0.3 is 5.32 Å². The van der Waals surface area contributed by atoms with Crippen LogP contribution in [0.1, 0.15) is 25.1 Å². The van der Waals surface area contributed by atoms with E-state index in [2.05, 4.69) is 22.3 Å². The van der Waals surface area contributed by atoms with Crippen molar-refractivity contribution in [3.63, 3.8) is 0 Å². The second-order valence-corrected chi connectivity index (χ2v) is 3.64. The number of aromatic nitrogens is 3. The summed E-state index contributed by atoms with van der Waals surface area (Å²) in [6.07, 6.45) is 2.98. The van der Waals surface area contributed by atoms with E-state index >= 15 is 0 Å². The number of likely N-dealkylation sites (N-methyl/N-ethyl adjacent to an activating group) is 1. The van der Waals surface area contributed by atoms with E-state index in [1.165, 1.54) is 0 Å². The molecule has 0 aliphatic carbocycles. The van der Waals surface area contributed by atoms with Crippen LogP contribution in [0.3, 0.4) is 0 Å². The van der Waals surface area contributed by atoms with E-state index in [-0.39, 0.29) is 0 Å². The Hall–Kier alpha value is -1.42. The summed E-state index contributed by atoms with van der Waals surface area (Å²) in [5.74, 6) is 1.33. The van der Waals surface area contributed by atoms with Crippen molar-refractivity contribution in [1.82, 2.24) is 19.9 Å². The summed E-state index contributed by atoms with van der Waals surface area (Å²) in [6.45, 7) is 3.08. The van der Waals surface area contributed by atoms with Gasteiger partial charge in [0, 0.05) is 18.7 Å². The van der Waals surface area contributed by atoms with Gasteiger partial charge in [0.25, 0.3) is 0 Å². The summed E-state index contributed by atoms with van der Waals surface area (Å²) < 4.78 is 1.83. The van der Waals surface area contributed by atoms with Gasteiger partial charge in [-0.1, -0.05) is 13.0 Å². The quantitative estimate of drug-likeness (QED) is 0.819. The molecular formula is C11H16N4. The summed E-state index contributed by atoms with van der Waals surface area (Å²) >= 11 is 0. The van der Waals surface area contributed by atoms with Crippen molar-refractivity contribution in [2.45, 2.75) is 19.3 Å². The van der Waals surface area contributed by atoms with Crippen LogP contribution in [0, 0.1) is 0 Å². The van der Waals surface area contributed by atoms with Crippen LogP contribution >= 0.6 is 0 Å². The number of nitrogens with zero attached hydrogens (tertiary/aromatic N) is 3. The van der Waals surface area contributed by atoms with Crippen molar-refractivity contribution in [2.24, 2.45) is 0 Å². The van der Waals surface area contributed by atoms with Crippen LogP contribution in [-0.2, 0) is 0 Å². The summed E-state index contributed by atoms with van der Waals surface area (Å²) in [4.78, 5) is 4.51. The SMILES string of the molecule is CCC(CNC)c1nc2ccccn2n1. The highest BCUT2D eigenvalue weighted by Crippen LogP contribution is 2.15. The average molecular weight is 204 g/mol. The predicted octanol–water partition coefficient (Wildman–Crippen LogP) is 1.44. The third-order valence-corrected chi connectivity index (χ3v) is 2.57. The molecule has 1 N–H and O–H groups in total. The Balaban J connectivity index is 2.34. The Morgan fingerprint density at radius 3 is 3.00 bits per heavy atom. The molecule has 0 aromatic carbocycles. The molecule has 15 heavy (non-hydrogen) atoms. The molecule has 1 atom stereocenters. The number of pyridine rings is 1. The predicted molar refractivity (Wildman–Crippen MR) is 59.9 cm³/mol. The Morgan fingerprint density at radius 2 is 2.33 bits per heavy atom. The van der Waals surface area contributed by atoms with Crippen molar-refractivity contribution in [3.8, 4) is 0 Å². The van der Waals surface area contributed by atoms with E-state index in [9.17, 15) is 0 Å². The second kappa shape index (κ2) is 4.40. The molecule has 0 aliphatic heterocycles. The fraction of sp³-hybridized carbons (Fsp3) is 0.455. The minimum atomic E-state index is 0.398. The highest BCUT2D eigenvalue weighted by Gasteiger charge is 2.13. The second-order valence-electron chi connectivity index (χ2n) is 3.64. The summed E-state index contributed by atoms with van der Waals surface area (Å²) in [5, 5.41) is 7.64. The highest BCUT2D eigenvalue weighted by molar-refractivity contribution is 5.36. The van der Waals surface area contributed by atoms with Gasteiger partial charge in [-0.05, 0) is 25.6 Å². The van der Waals surface area contributed by atoms with Crippen LogP contribution in [0.15, 0.2) is 24.4 Å². The third kappa shape index (κ3) is 1.99. The van der Waals surface area contributed by atoms with Crippen LogP contribution in [-0.4, -0.2) is 28.2 Å². The lowest BCUT2D eigenvalue weighted by atomic mass is 10.1. The topological polar surface area (TPSA) is 42.2 Å². The van der Waals surface area contributed by atoms with Gasteiger partial charge in [-0.25, -0.2) is 9.50 Å². The molecule has 0 aliphatic rings. The van der Waals surface area contributed by atoms with E-state index in [1.807, 2.05) is 36.0 Å². The number of nitrogens with one attached hydrogen (secondary N) is 1. The van der Waals surface area contributed by atoms with Gasteiger partial charge in [0.15, 0.2) is 11.5 Å². The Labute approximate surface area is 89.3 Å². The summed E-state index contributed by atoms with van der Waals surface area (Å²) in [5.41, 5.74) is 0.919. The van der Waals surface area contributed by atoms with Crippen molar-refractivity contribution in [2.75, 3.05) is 13.6 Å². The van der Waals surface area contributed by atoms with Crippen molar-refractivity contribution in [1.29, 1.82) is 0 Å². The van der Waals surface area contributed by atoms with Gasteiger partial charge >= 0.3 is 0 Å². The molecule has 2 rings (SSSR count). The monoisotopic (exact) mass is 204 g/mol. The first-order chi connectivity index (χ1) is 7.35. The van der Waals surface area contributed by atoms with Crippen LogP contribution in [0.2, 0.25) is 0 Å². The minimum absolute atomic E-state index is 0.398. The molecule has 0 amide bonds. The normalized spacial score (nSPS) is 13.2. The fourth-order valence-corrected chi connectivity index (χ4v) is 1.69. The van der Waals surface area contributed by atoms with Gasteiger partial charge in [0.2, 0.25) is 0 Å². The molecule has 2 aromatic rings. The fourth-order valence-electron chi connectivity index (χ4n) is 1.69. The highest BCUT2D eigenvalue weighted by atomic mass is 15.3. The lowest BCUT2D eigenvalue weighted by Gasteiger charge is -2.08. The smallest absolute Gasteiger partial charge is 0.156 e.